The highest BCUT2D eigenvalue weighted by Gasteiger charge is 2.24. The normalized spacial score (nSPS) is 24.1. The second kappa shape index (κ2) is 6.07. The van der Waals surface area contributed by atoms with Gasteiger partial charge in [-0.15, -0.1) is 0 Å². The molecular weight excluding hydrogens is 228 g/mol. The molecule has 1 aliphatic rings. The molecule has 3 N–H and O–H groups in total. The summed E-state index contributed by atoms with van der Waals surface area (Å²) in [5.41, 5.74) is 7.24. The number of hydrogen-bond donors (Lipinski definition) is 2. The Morgan fingerprint density at radius 3 is 3.00 bits per heavy atom. The summed E-state index contributed by atoms with van der Waals surface area (Å²) >= 11 is 0. The van der Waals surface area contributed by atoms with Crippen molar-refractivity contribution >= 4 is 5.69 Å². The number of aliphatic hydroxyl groups excluding tert-OH is 1. The van der Waals surface area contributed by atoms with Gasteiger partial charge in [0, 0.05) is 37.5 Å². The molecule has 18 heavy (non-hydrogen) atoms. The Morgan fingerprint density at radius 1 is 1.44 bits per heavy atom. The fourth-order valence-electron chi connectivity index (χ4n) is 2.66. The highest BCUT2D eigenvalue weighted by molar-refractivity contribution is 5.51. The first-order valence-electron chi connectivity index (χ1n) is 6.48. The number of methoxy groups -OCH3 is 1. The summed E-state index contributed by atoms with van der Waals surface area (Å²) in [6.07, 6.45) is 1.83. The summed E-state index contributed by atoms with van der Waals surface area (Å²) in [7, 11) is 1.68. The Labute approximate surface area is 108 Å². The fraction of sp³-hybridized carbons (Fsp3) is 0.571. The highest BCUT2D eigenvalue weighted by Crippen LogP contribution is 2.27. The summed E-state index contributed by atoms with van der Waals surface area (Å²) < 4.78 is 5.25. The molecule has 1 saturated heterocycles. The third-order valence-electron chi connectivity index (χ3n) is 3.53. The van der Waals surface area contributed by atoms with Gasteiger partial charge in [-0.25, -0.2) is 0 Å². The maximum absolute atomic E-state index is 9.06. The zero-order chi connectivity index (χ0) is 13.0. The van der Waals surface area contributed by atoms with Gasteiger partial charge < -0.3 is 20.5 Å². The van der Waals surface area contributed by atoms with Crippen LogP contribution < -0.4 is 15.4 Å². The summed E-state index contributed by atoms with van der Waals surface area (Å²) in [5.74, 6) is 1.34. The van der Waals surface area contributed by atoms with Crippen molar-refractivity contribution in [3.8, 4) is 5.75 Å². The summed E-state index contributed by atoms with van der Waals surface area (Å²) in [6.45, 7) is 2.07. The van der Waals surface area contributed by atoms with Crippen LogP contribution >= 0.6 is 0 Å². The lowest BCUT2D eigenvalue weighted by atomic mass is 9.92. The van der Waals surface area contributed by atoms with E-state index in [0.29, 0.717) is 5.92 Å². The molecule has 2 atom stereocenters. The summed E-state index contributed by atoms with van der Waals surface area (Å²) in [4.78, 5) is 2.29. The molecule has 1 aliphatic heterocycles. The lowest BCUT2D eigenvalue weighted by molar-refractivity contribution is 0.238. The summed E-state index contributed by atoms with van der Waals surface area (Å²) in [5, 5.41) is 9.06. The van der Waals surface area contributed by atoms with E-state index in [1.165, 1.54) is 0 Å². The van der Waals surface area contributed by atoms with Crippen molar-refractivity contribution < 1.29 is 9.84 Å². The maximum Gasteiger partial charge on any atom is 0.120 e. The molecule has 0 bridgehead atoms. The van der Waals surface area contributed by atoms with Crippen molar-refractivity contribution in [3.05, 3.63) is 24.3 Å². The monoisotopic (exact) mass is 250 g/mol. The van der Waals surface area contributed by atoms with E-state index in [-0.39, 0.29) is 12.6 Å². The fourth-order valence-corrected chi connectivity index (χ4v) is 2.66. The molecule has 1 aromatic rings. The third kappa shape index (κ3) is 3.15. The van der Waals surface area contributed by atoms with Crippen molar-refractivity contribution in [1.29, 1.82) is 0 Å². The van der Waals surface area contributed by atoms with Crippen LogP contribution in [-0.2, 0) is 0 Å². The number of benzene rings is 1. The predicted octanol–water partition coefficient (Wildman–Crippen LogP) is 1.23. The van der Waals surface area contributed by atoms with Gasteiger partial charge in [0.2, 0.25) is 0 Å². The topological polar surface area (TPSA) is 58.7 Å². The van der Waals surface area contributed by atoms with Gasteiger partial charge in [0.25, 0.3) is 0 Å². The molecule has 1 fully saturated rings. The van der Waals surface area contributed by atoms with Crippen LogP contribution in [0.1, 0.15) is 12.8 Å². The Morgan fingerprint density at radius 2 is 2.28 bits per heavy atom. The van der Waals surface area contributed by atoms with Gasteiger partial charge in [0.05, 0.1) is 7.11 Å². The first-order chi connectivity index (χ1) is 8.72. The van der Waals surface area contributed by atoms with E-state index < -0.39 is 0 Å². The molecule has 0 spiro atoms. The third-order valence-corrected chi connectivity index (χ3v) is 3.53. The molecule has 2 unspecified atom stereocenters. The molecule has 1 heterocycles. The van der Waals surface area contributed by atoms with Crippen LogP contribution in [0.25, 0.3) is 0 Å². The van der Waals surface area contributed by atoms with Gasteiger partial charge in [0.15, 0.2) is 0 Å². The van der Waals surface area contributed by atoms with Crippen LogP contribution in [0, 0.1) is 5.92 Å². The van der Waals surface area contributed by atoms with E-state index in [4.69, 9.17) is 15.6 Å². The summed E-state index contributed by atoms with van der Waals surface area (Å²) in [6, 6.07) is 8.24. The van der Waals surface area contributed by atoms with Crippen LogP contribution in [0.5, 0.6) is 5.75 Å². The average Bonchev–Trinajstić information content (AvgIpc) is 2.38. The van der Waals surface area contributed by atoms with Crippen molar-refractivity contribution in [1.82, 2.24) is 0 Å². The number of piperidine rings is 1. The van der Waals surface area contributed by atoms with Gasteiger partial charge >= 0.3 is 0 Å². The van der Waals surface area contributed by atoms with E-state index in [0.717, 1.165) is 37.4 Å². The van der Waals surface area contributed by atoms with Gasteiger partial charge in [0.1, 0.15) is 5.75 Å². The van der Waals surface area contributed by atoms with Crippen molar-refractivity contribution in [3.63, 3.8) is 0 Å². The molecule has 1 aromatic carbocycles. The molecule has 2 rings (SSSR count). The van der Waals surface area contributed by atoms with E-state index in [1.54, 1.807) is 7.11 Å². The number of hydrogen-bond acceptors (Lipinski definition) is 4. The molecule has 4 nitrogen and oxygen atoms in total. The highest BCUT2D eigenvalue weighted by atomic mass is 16.5. The predicted molar refractivity (Wildman–Crippen MR) is 73.0 cm³/mol. The lowest BCUT2D eigenvalue weighted by Gasteiger charge is -2.37. The SMILES string of the molecule is COc1cccc(N2CC(N)CC(CCO)C2)c1. The Kier molecular flexibility index (Phi) is 4.44. The number of aliphatic hydroxyl groups is 1. The van der Waals surface area contributed by atoms with E-state index in [9.17, 15) is 0 Å². The quantitative estimate of drug-likeness (QED) is 0.844. The van der Waals surface area contributed by atoms with Crippen LogP contribution in [0.15, 0.2) is 24.3 Å². The number of nitrogens with two attached hydrogens (primary N) is 1. The minimum atomic E-state index is 0.182. The molecular formula is C14H22N2O2. The first kappa shape index (κ1) is 13.2. The van der Waals surface area contributed by atoms with Gasteiger partial charge in [-0.1, -0.05) is 6.07 Å². The second-order valence-corrected chi connectivity index (χ2v) is 4.98. The zero-order valence-corrected chi connectivity index (χ0v) is 10.9. The van der Waals surface area contributed by atoms with Crippen LogP contribution in [0.2, 0.25) is 0 Å². The molecule has 100 valence electrons. The van der Waals surface area contributed by atoms with Gasteiger partial charge in [-0.05, 0) is 30.9 Å². The Hall–Kier alpha value is -1.26. The Balaban J connectivity index is 2.10. The van der Waals surface area contributed by atoms with Gasteiger partial charge in [-0.2, -0.15) is 0 Å². The molecule has 0 saturated carbocycles. The second-order valence-electron chi connectivity index (χ2n) is 4.98. The van der Waals surface area contributed by atoms with Crippen molar-refractivity contribution in [2.75, 3.05) is 31.7 Å². The van der Waals surface area contributed by atoms with Crippen LogP contribution in [0.3, 0.4) is 0 Å². The standard InChI is InChI=1S/C14H22N2O2/c1-18-14-4-2-3-13(8-14)16-9-11(5-6-17)7-12(15)10-16/h2-4,8,11-12,17H,5-7,9-10,15H2,1H3. The van der Waals surface area contributed by atoms with E-state index in [1.807, 2.05) is 18.2 Å². The smallest absolute Gasteiger partial charge is 0.120 e. The van der Waals surface area contributed by atoms with Crippen LogP contribution in [-0.4, -0.2) is 38.0 Å². The number of anilines is 1. The number of ether oxygens (including phenoxy) is 1. The van der Waals surface area contributed by atoms with E-state index in [2.05, 4.69) is 11.0 Å². The molecule has 0 aromatic heterocycles. The van der Waals surface area contributed by atoms with Crippen molar-refractivity contribution in [2.45, 2.75) is 18.9 Å². The first-order valence-corrected chi connectivity index (χ1v) is 6.48. The molecule has 0 aliphatic carbocycles. The zero-order valence-electron chi connectivity index (χ0n) is 10.9. The van der Waals surface area contributed by atoms with Crippen molar-refractivity contribution in [2.24, 2.45) is 11.7 Å². The minimum Gasteiger partial charge on any atom is -0.497 e. The number of rotatable bonds is 4. The number of nitrogens with zero attached hydrogens (tertiary/aromatic N) is 1. The molecule has 0 amide bonds. The lowest BCUT2D eigenvalue weighted by Crippen LogP contribution is -2.47. The largest absolute Gasteiger partial charge is 0.497 e. The average molecular weight is 250 g/mol. The minimum absolute atomic E-state index is 0.182. The maximum atomic E-state index is 9.06. The van der Waals surface area contributed by atoms with Crippen LogP contribution in [0.4, 0.5) is 5.69 Å². The molecule has 0 radical (unpaired) electrons. The Bertz CT molecular complexity index is 384. The van der Waals surface area contributed by atoms with Gasteiger partial charge in [-0.3, -0.25) is 0 Å². The van der Waals surface area contributed by atoms with E-state index >= 15 is 0 Å². The molecule has 4 heteroatoms.